The lowest BCUT2D eigenvalue weighted by atomic mass is 9.82. The minimum absolute atomic E-state index is 0.0717. The highest BCUT2D eigenvalue weighted by Crippen LogP contribution is 2.30. The Labute approximate surface area is 107 Å². The van der Waals surface area contributed by atoms with E-state index in [2.05, 4.69) is 13.8 Å². The van der Waals surface area contributed by atoms with Crippen molar-refractivity contribution in [3.05, 3.63) is 0 Å². The number of hydrogen-bond donors (Lipinski definition) is 1. The maximum absolute atomic E-state index is 10.2. The van der Waals surface area contributed by atoms with Crippen LogP contribution >= 0.6 is 0 Å². The third-order valence-electron chi connectivity index (χ3n) is 4.05. The molecule has 0 aromatic carbocycles. The Hall–Kier alpha value is -0.0800. The summed E-state index contributed by atoms with van der Waals surface area (Å²) in [6.07, 6.45) is 9.48. The van der Waals surface area contributed by atoms with Crippen LogP contribution in [0.15, 0.2) is 0 Å². The first-order chi connectivity index (χ1) is 8.15. The highest BCUT2D eigenvalue weighted by molar-refractivity contribution is 4.80. The number of aliphatic hydroxyl groups excluding tert-OH is 1. The van der Waals surface area contributed by atoms with Gasteiger partial charge in [0.2, 0.25) is 0 Å². The fraction of sp³-hybridized carbons (Fsp3) is 1.00. The maximum Gasteiger partial charge on any atom is 0.0858 e. The first-order valence-electron chi connectivity index (χ1n) is 7.36. The van der Waals surface area contributed by atoms with Crippen molar-refractivity contribution in [1.29, 1.82) is 0 Å². The van der Waals surface area contributed by atoms with E-state index in [0.29, 0.717) is 5.92 Å². The van der Waals surface area contributed by atoms with E-state index in [1.165, 1.54) is 38.5 Å². The molecule has 1 rings (SSSR count). The number of aliphatic hydroxyl groups is 1. The molecule has 0 amide bonds. The molecular weight excluding hydrogens is 212 g/mol. The second kappa shape index (κ2) is 8.10. The van der Waals surface area contributed by atoms with Crippen molar-refractivity contribution >= 4 is 0 Å². The van der Waals surface area contributed by atoms with E-state index in [4.69, 9.17) is 4.74 Å². The minimum atomic E-state index is -0.262. The average molecular weight is 242 g/mol. The first kappa shape index (κ1) is 15.0. The van der Waals surface area contributed by atoms with Crippen LogP contribution in [0.25, 0.3) is 0 Å². The molecule has 0 aliphatic heterocycles. The second-order valence-corrected chi connectivity index (χ2v) is 5.99. The fourth-order valence-electron chi connectivity index (χ4n) is 3.03. The van der Waals surface area contributed by atoms with Gasteiger partial charge in [0, 0.05) is 7.11 Å². The summed E-state index contributed by atoms with van der Waals surface area (Å²) in [7, 11) is 1.75. The molecule has 1 saturated carbocycles. The van der Waals surface area contributed by atoms with Crippen LogP contribution in [-0.4, -0.2) is 24.4 Å². The Bertz CT molecular complexity index is 185. The summed E-state index contributed by atoms with van der Waals surface area (Å²) in [5, 5.41) is 10.2. The molecule has 1 N–H and O–H groups in total. The normalized spacial score (nSPS) is 21.7. The van der Waals surface area contributed by atoms with Crippen LogP contribution in [0.2, 0.25) is 0 Å². The molecule has 1 fully saturated rings. The van der Waals surface area contributed by atoms with E-state index in [1.54, 1.807) is 7.11 Å². The zero-order chi connectivity index (χ0) is 12.7. The van der Waals surface area contributed by atoms with Crippen LogP contribution in [0.1, 0.15) is 65.2 Å². The monoisotopic (exact) mass is 242 g/mol. The third-order valence-corrected chi connectivity index (χ3v) is 4.05. The summed E-state index contributed by atoms with van der Waals surface area (Å²) in [6.45, 7) is 4.47. The van der Waals surface area contributed by atoms with Crippen molar-refractivity contribution in [3.63, 3.8) is 0 Å². The standard InChI is InChI=1S/C15H30O2/c1-12(2)8-7-11-14(16)15(17-3)13-9-5-4-6-10-13/h12-16H,4-11H2,1-3H3. The highest BCUT2D eigenvalue weighted by Gasteiger charge is 2.29. The summed E-state index contributed by atoms with van der Waals surface area (Å²) in [5.74, 6) is 1.32. The largest absolute Gasteiger partial charge is 0.390 e. The Morgan fingerprint density at radius 3 is 2.29 bits per heavy atom. The van der Waals surface area contributed by atoms with Gasteiger partial charge in [0.05, 0.1) is 12.2 Å². The summed E-state index contributed by atoms with van der Waals surface area (Å²) in [4.78, 5) is 0. The van der Waals surface area contributed by atoms with Gasteiger partial charge in [-0.25, -0.2) is 0 Å². The summed E-state index contributed by atoms with van der Waals surface area (Å²) in [6, 6.07) is 0. The Balaban J connectivity index is 2.31. The third kappa shape index (κ3) is 5.39. The van der Waals surface area contributed by atoms with Crippen LogP contribution in [0, 0.1) is 11.8 Å². The van der Waals surface area contributed by atoms with Gasteiger partial charge in [-0.15, -0.1) is 0 Å². The molecule has 1 aliphatic rings. The number of ether oxygens (including phenoxy) is 1. The van der Waals surface area contributed by atoms with Crippen molar-refractivity contribution in [3.8, 4) is 0 Å². The van der Waals surface area contributed by atoms with Gasteiger partial charge >= 0.3 is 0 Å². The lowest BCUT2D eigenvalue weighted by Crippen LogP contribution is -2.36. The zero-order valence-corrected chi connectivity index (χ0v) is 11.8. The SMILES string of the molecule is COC(C(O)CCCC(C)C)C1CCCCC1. The molecule has 0 radical (unpaired) electrons. The van der Waals surface area contributed by atoms with E-state index in [-0.39, 0.29) is 12.2 Å². The van der Waals surface area contributed by atoms with E-state index < -0.39 is 0 Å². The first-order valence-corrected chi connectivity index (χ1v) is 7.36. The van der Waals surface area contributed by atoms with E-state index in [9.17, 15) is 5.11 Å². The highest BCUT2D eigenvalue weighted by atomic mass is 16.5. The van der Waals surface area contributed by atoms with E-state index in [1.807, 2.05) is 0 Å². The van der Waals surface area contributed by atoms with Crippen LogP contribution in [0.4, 0.5) is 0 Å². The molecule has 0 aromatic rings. The second-order valence-electron chi connectivity index (χ2n) is 5.99. The lowest BCUT2D eigenvalue weighted by Gasteiger charge is -2.32. The summed E-state index contributed by atoms with van der Waals surface area (Å²) < 4.78 is 5.56. The predicted molar refractivity (Wildman–Crippen MR) is 72.1 cm³/mol. The van der Waals surface area contributed by atoms with Crippen molar-refractivity contribution in [2.24, 2.45) is 11.8 Å². The van der Waals surface area contributed by atoms with Crippen LogP contribution in [0.5, 0.6) is 0 Å². The van der Waals surface area contributed by atoms with E-state index >= 15 is 0 Å². The minimum Gasteiger partial charge on any atom is -0.390 e. The molecule has 2 unspecified atom stereocenters. The summed E-state index contributed by atoms with van der Waals surface area (Å²) in [5.41, 5.74) is 0. The molecule has 1 aliphatic carbocycles. The molecule has 0 saturated heterocycles. The van der Waals surface area contributed by atoms with Crippen molar-refractivity contribution in [1.82, 2.24) is 0 Å². The Morgan fingerprint density at radius 1 is 1.12 bits per heavy atom. The quantitative estimate of drug-likeness (QED) is 0.736. The van der Waals surface area contributed by atoms with Gasteiger partial charge < -0.3 is 9.84 Å². The molecule has 0 aromatic heterocycles. The van der Waals surface area contributed by atoms with Gasteiger partial charge in [0.1, 0.15) is 0 Å². The van der Waals surface area contributed by atoms with Gasteiger partial charge in [-0.1, -0.05) is 46.0 Å². The van der Waals surface area contributed by atoms with Crippen LogP contribution in [-0.2, 0) is 4.74 Å². The molecule has 102 valence electrons. The fourth-order valence-corrected chi connectivity index (χ4v) is 3.03. The molecule has 2 heteroatoms. The molecule has 0 spiro atoms. The lowest BCUT2D eigenvalue weighted by molar-refractivity contribution is -0.0579. The van der Waals surface area contributed by atoms with Crippen LogP contribution in [0.3, 0.4) is 0 Å². The Kier molecular flexibility index (Phi) is 7.14. The smallest absolute Gasteiger partial charge is 0.0858 e. The van der Waals surface area contributed by atoms with Gasteiger partial charge in [0.25, 0.3) is 0 Å². The van der Waals surface area contributed by atoms with Gasteiger partial charge in [-0.3, -0.25) is 0 Å². The predicted octanol–water partition coefficient (Wildman–Crippen LogP) is 3.77. The van der Waals surface area contributed by atoms with Crippen molar-refractivity contribution < 1.29 is 9.84 Å². The molecule has 2 nitrogen and oxygen atoms in total. The van der Waals surface area contributed by atoms with Gasteiger partial charge in [-0.2, -0.15) is 0 Å². The summed E-state index contributed by atoms with van der Waals surface area (Å²) >= 11 is 0. The molecule has 2 atom stereocenters. The number of hydrogen-bond acceptors (Lipinski definition) is 2. The average Bonchev–Trinajstić information content (AvgIpc) is 2.31. The van der Waals surface area contributed by atoms with Gasteiger partial charge in [0.15, 0.2) is 0 Å². The molecular formula is C15H30O2. The maximum atomic E-state index is 10.2. The van der Waals surface area contributed by atoms with Crippen molar-refractivity contribution in [2.75, 3.05) is 7.11 Å². The topological polar surface area (TPSA) is 29.5 Å². The van der Waals surface area contributed by atoms with Gasteiger partial charge in [-0.05, 0) is 31.1 Å². The van der Waals surface area contributed by atoms with Crippen molar-refractivity contribution in [2.45, 2.75) is 77.4 Å². The number of rotatable bonds is 7. The molecule has 17 heavy (non-hydrogen) atoms. The number of methoxy groups -OCH3 is 1. The van der Waals surface area contributed by atoms with Crippen LogP contribution < -0.4 is 0 Å². The van der Waals surface area contributed by atoms with E-state index in [0.717, 1.165) is 18.8 Å². The molecule has 0 bridgehead atoms. The molecule has 0 heterocycles. The zero-order valence-electron chi connectivity index (χ0n) is 11.8. The Morgan fingerprint density at radius 2 is 1.76 bits per heavy atom.